The van der Waals surface area contributed by atoms with Crippen molar-refractivity contribution in [1.82, 2.24) is 0 Å². The van der Waals surface area contributed by atoms with Crippen molar-refractivity contribution in [1.29, 1.82) is 5.26 Å². The Bertz CT molecular complexity index is 766. The molecule has 104 valence electrons. The van der Waals surface area contributed by atoms with E-state index in [0.717, 1.165) is 5.56 Å². The predicted molar refractivity (Wildman–Crippen MR) is 75.7 cm³/mol. The summed E-state index contributed by atoms with van der Waals surface area (Å²) in [5, 5.41) is 8.89. The highest BCUT2D eigenvalue weighted by atomic mass is 19.1. The Morgan fingerprint density at radius 2 is 2.05 bits per heavy atom. The molecular formula is C16H12FN3O. The van der Waals surface area contributed by atoms with Gasteiger partial charge in [-0.15, -0.1) is 0 Å². The molecule has 1 amide bonds. The lowest BCUT2D eigenvalue weighted by Gasteiger charge is -2.18. The Kier molecular flexibility index (Phi) is 3.16. The number of fused-ring (bicyclic) bond motifs is 1. The first kappa shape index (κ1) is 13.3. The van der Waals surface area contributed by atoms with Crippen molar-refractivity contribution in [3.05, 3.63) is 65.0 Å². The van der Waals surface area contributed by atoms with Crippen molar-refractivity contribution in [3.8, 4) is 6.07 Å². The molecule has 5 heteroatoms. The molecular weight excluding hydrogens is 269 g/mol. The maximum Gasteiger partial charge on any atom is 0.248 e. The summed E-state index contributed by atoms with van der Waals surface area (Å²) >= 11 is 0. The lowest BCUT2D eigenvalue weighted by atomic mass is 10.1. The summed E-state index contributed by atoms with van der Waals surface area (Å²) in [6.45, 7) is 0.0604. The molecule has 0 aliphatic carbocycles. The lowest BCUT2D eigenvalue weighted by Crippen LogP contribution is -2.31. The number of para-hydroxylation sites is 1. The number of nitriles is 1. The average molecular weight is 281 g/mol. The second-order valence-electron chi connectivity index (χ2n) is 4.88. The van der Waals surface area contributed by atoms with E-state index in [-0.39, 0.29) is 12.5 Å². The van der Waals surface area contributed by atoms with Gasteiger partial charge in [0, 0.05) is 16.8 Å². The number of benzene rings is 2. The Labute approximate surface area is 121 Å². The van der Waals surface area contributed by atoms with E-state index in [1.165, 1.54) is 23.1 Å². The van der Waals surface area contributed by atoms with E-state index >= 15 is 0 Å². The van der Waals surface area contributed by atoms with Crippen molar-refractivity contribution >= 4 is 11.6 Å². The molecule has 0 bridgehead atoms. The molecule has 1 unspecified atom stereocenters. The number of amides is 1. The van der Waals surface area contributed by atoms with Gasteiger partial charge in [-0.3, -0.25) is 4.79 Å². The van der Waals surface area contributed by atoms with Crippen LogP contribution in [-0.2, 0) is 11.3 Å². The second kappa shape index (κ2) is 5.00. The van der Waals surface area contributed by atoms with Crippen LogP contribution in [0.15, 0.2) is 42.5 Å². The number of halogens is 1. The Balaban J connectivity index is 2.00. The largest absolute Gasteiger partial charge is 0.316 e. The smallest absolute Gasteiger partial charge is 0.248 e. The van der Waals surface area contributed by atoms with Crippen LogP contribution in [0.25, 0.3) is 0 Å². The maximum atomic E-state index is 13.9. The normalized spacial score (nSPS) is 16.7. The number of nitrogens with zero attached hydrogens (tertiary/aromatic N) is 2. The number of hydrogen-bond donors (Lipinski definition) is 1. The van der Waals surface area contributed by atoms with Crippen LogP contribution in [0.2, 0.25) is 0 Å². The third kappa shape index (κ3) is 2.16. The van der Waals surface area contributed by atoms with E-state index in [1.807, 2.05) is 12.1 Å². The highest BCUT2D eigenvalue weighted by molar-refractivity contribution is 6.04. The Morgan fingerprint density at radius 3 is 2.81 bits per heavy atom. The summed E-state index contributed by atoms with van der Waals surface area (Å²) < 4.78 is 13.9. The quantitative estimate of drug-likeness (QED) is 0.917. The van der Waals surface area contributed by atoms with E-state index < -0.39 is 11.9 Å². The predicted octanol–water partition coefficient (Wildman–Crippen LogP) is 2.24. The van der Waals surface area contributed by atoms with E-state index in [9.17, 15) is 9.18 Å². The van der Waals surface area contributed by atoms with Gasteiger partial charge in [-0.2, -0.15) is 5.26 Å². The number of carbonyl (C=O) groups excluding carboxylic acids is 1. The van der Waals surface area contributed by atoms with Gasteiger partial charge >= 0.3 is 0 Å². The fraction of sp³-hybridized carbons (Fsp3) is 0.125. The summed E-state index contributed by atoms with van der Waals surface area (Å²) in [7, 11) is 0. The van der Waals surface area contributed by atoms with Crippen molar-refractivity contribution in [2.45, 2.75) is 12.6 Å². The molecule has 2 N–H and O–H groups in total. The lowest BCUT2D eigenvalue weighted by molar-refractivity contribution is -0.119. The first-order valence-corrected chi connectivity index (χ1v) is 6.46. The van der Waals surface area contributed by atoms with Gasteiger partial charge in [-0.1, -0.05) is 18.2 Å². The van der Waals surface area contributed by atoms with Crippen LogP contribution < -0.4 is 10.6 Å². The van der Waals surface area contributed by atoms with Crippen LogP contribution in [0.4, 0.5) is 10.1 Å². The van der Waals surface area contributed by atoms with Crippen LogP contribution in [-0.4, -0.2) is 5.91 Å². The Hall–Kier alpha value is -2.71. The highest BCUT2D eigenvalue weighted by Crippen LogP contribution is 2.35. The van der Waals surface area contributed by atoms with Crippen LogP contribution >= 0.6 is 0 Å². The maximum absolute atomic E-state index is 13.9. The zero-order chi connectivity index (χ0) is 15.0. The summed E-state index contributed by atoms with van der Waals surface area (Å²) in [4.78, 5) is 13.7. The average Bonchev–Trinajstić information content (AvgIpc) is 2.75. The minimum absolute atomic E-state index is 0.0604. The molecule has 2 aromatic carbocycles. The zero-order valence-corrected chi connectivity index (χ0v) is 11.1. The van der Waals surface area contributed by atoms with Crippen LogP contribution in [0.3, 0.4) is 0 Å². The van der Waals surface area contributed by atoms with Gasteiger partial charge in [0.15, 0.2) is 0 Å². The fourth-order valence-electron chi connectivity index (χ4n) is 2.51. The standard InChI is InChI=1S/C16H12FN3O/c17-13-6-5-10(8-18)7-11(13)9-20-14-4-2-1-3-12(14)15(19)16(20)21/h1-7,15H,9,19H2. The Morgan fingerprint density at radius 1 is 1.29 bits per heavy atom. The first-order valence-electron chi connectivity index (χ1n) is 6.46. The molecule has 0 saturated carbocycles. The van der Waals surface area contributed by atoms with Gasteiger partial charge < -0.3 is 10.6 Å². The van der Waals surface area contributed by atoms with Crippen molar-refractivity contribution in [2.75, 3.05) is 4.90 Å². The molecule has 1 aliphatic heterocycles. The van der Waals surface area contributed by atoms with Crippen LogP contribution in [0, 0.1) is 17.1 Å². The molecule has 2 aromatic rings. The van der Waals surface area contributed by atoms with Crippen molar-refractivity contribution in [2.24, 2.45) is 5.73 Å². The van der Waals surface area contributed by atoms with E-state index in [0.29, 0.717) is 16.8 Å². The number of hydrogen-bond acceptors (Lipinski definition) is 3. The molecule has 1 atom stereocenters. The van der Waals surface area contributed by atoms with Gasteiger partial charge in [0.1, 0.15) is 11.9 Å². The van der Waals surface area contributed by atoms with Crippen molar-refractivity contribution < 1.29 is 9.18 Å². The third-order valence-corrected chi connectivity index (χ3v) is 3.60. The molecule has 3 rings (SSSR count). The van der Waals surface area contributed by atoms with E-state index in [4.69, 9.17) is 11.0 Å². The van der Waals surface area contributed by atoms with Gasteiger partial charge in [-0.05, 0) is 24.3 Å². The number of anilines is 1. The van der Waals surface area contributed by atoms with Gasteiger partial charge in [0.2, 0.25) is 5.91 Å². The first-order chi connectivity index (χ1) is 10.1. The zero-order valence-electron chi connectivity index (χ0n) is 11.1. The summed E-state index contributed by atoms with van der Waals surface area (Å²) in [6, 6.07) is 12.5. The molecule has 0 aromatic heterocycles. The summed E-state index contributed by atoms with van der Waals surface area (Å²) in [6.07, 6.45) is 0. The second-order valence-corrected chi connectivity index (χ2v) is 4.88. The van der Waals surface area contributed by atoms with Gasteiger partial charge in [0.25, 0.3) is 0 Å². The minimum atomic E-state index is -0.719. The van der Waals surface area contributed by atoms with Gasteiger partial charge in [0.05, 0.1) is 18.2 Å². The third-order valence-electron chi connectivity index (χ3n) is 3.60. The molecule has 0 spiro atoms. The molecule has 1 aliphatic rings. The van der Waals surface area contributed by atoms with Gasteiger partial charge in [-0.25, -0.2) is 4.39 Å². The summed E-state index contributed by atoms with van der Waals surface area (Å²) in [5.74, 6) is -0.710. The topological polar surface area (TPSA) is 70.1 Å². The highest BCUT2D eigenvalue weighted by Gasteiger charge is 2.34. The fourth-order valence-corrected chi connectivity index (χ4v) is 2.51. The van der Waals surface area contributed by atoms with E-state index in [2.05, 4.69) is 0 Å². The molecule has 1 heterocycles. The number of nitrogens with two attached hydrogens (primary N) is 1. The molecule has 0 saturated heterocycles. The summed E-state index contributed by atoms with van der Waals surface area (Å²) in [5.41, 5.74) is 7.97. The molecule has 0 radical (unpaired) electrons. The molecule has 0 fully saturated rings. The minimum Gasteiger partial charge on any atom is -0.316 e. The monoisotopic (exact) mass is 281 g/mol. The van der Waals surface area contributed by atoms with Crippen LogP contribution in [0.1, 0.15) is 22.7 Å². The van der Waals surface area contributed by atoms with E-state index in [1.54, 1.807) is 18.2 Å². The van der Waals surface area contributed by atoms with Crippen molar-refractivity contribution in [3.63, 3.8) is 0 Å². The SMILES string of the molecule is N#Cc1ccc(F)c(CN2C(=O)C(N)c3ccccc32)c1. The van der Waals surface area contributed by atoms with Crippen LogP contribution in [0.5, 0.6) is 0 Å². The number of carbonyl (C=O) groups is 1. The molecule has 4 nitrogen and oxygen atoms in total. The molecule has 21 heavy (non-hydrogen) atoms. The number of rotatable bonds is 2.